The molecule has 5 nitrogen and oxygen atoms in total. The summed E-state index contributed by atoms with van der Waals surface area (Å²) in [6, 6.07) is 0. The van der Waals surface area contributed by atoms with Crippen molar-refractivity contribution in [1.29, 1.82) is 0 Å². The molecule has 1 N–H and O–H groups in total. The molecule has 0 heterocycles. The van der Waals surface area contributed by atoms with Crippen LogP contribution in [0.2, 0.25) is 0 Å². The molecule has 0 spiro atoms. The summed E-state index contributed by atoms with van der Waals surface area (Å²) in [7, 11) is 0. The molecule has 0 aliphatic rings. The Balaban J connectivity index is 3.37. The number of unbranched alkanes of at least 4 members (excludes halogenated alkanes) is 52. The van der Waals surface area contributed by atoms with Crippen LogP contribution in [0.3, 0.4) is 0 Å². The summed E-state index contributed by atoms with van der Waals surface area (Å²) in [5.41, 5.74) is 0. The Morgan fingerprint density at radius 1 is 0.300 bits per heavy atom. The SMILES string of the molecule is CC/C=C\C/C=C\C/C=C\C/C=C\CCCCCCCCCCCCCCCCCCCCC(=O)OC(CO)COC(=O)CCCCCCCCCCCCCCCCCCCCCCCCCCCCCCCCCCCCC. The van der Waals surface area contributed by atoms with Crippen LogP contribution in [0, 0.1) is 0 Å². The minimum absolute atomic E-state index is 0.0598. The molecule has 0 rings (SSSR count). The Bertz CT molecular complexity index is 1320. The zero-order chi connectivity index (χ0) is 57.6. The first-order chi connectivity index (χ1) is 39.6. The van der Waals surface area contributed by atoms with Crippen molar-refractivity contribution in [3.8, 4) is 0 Å². The van der Waals surface area contributed by atoms with E-state index in [0.29, 0.717) is 12.8 Å². The number of rotatable bonds is 68. The predicted molar refractivity (Wildman–Crippen MR) is 353 cm³/mol. The molecule has 5 heteroatoms. The molecule has 0 aromatic heterocycles. The van der Waals surface area contributed by atoms with Crippen LogP contribution < -0.4 is 0 Å². The van der Waals surface area contributed by atoms with Gasteiger partial charge in [-0.05, 0) is 51.4 Å². The molecule has 0 fully saturated rings. The summed E-state index contributed by atoms with van der Waals surface area (Å²) in [4.78, 5) is 24.7. The second kappa shape index (κ2) is 71.1. The van der Waals surface area contributed by atoms with E-state index in [2.05, 4.69) is 62.5 Å². The lowest BCUT2D eigenvalue weighted by Crippen LogP contribution is -2.28. The van der Waals surface area contributed by atoms with Gasteiger partial charge in [0.1, 0.15) is 6.61 Å². The fourth-order valence-corrected chi connectivity index (χ4v) is 11.3. The van der Waals surface area contributed by atoms with Gasteiger partial charge in [-0.25, -0.2) is 0 Å². The van der Waals surface area contributed by atoms with E-state index in [1.807, 2.05) is 0 Å². The molecular formula is C75H140O5. The Morgan fingerprint density at radius 3 is 0.812 bits per heavy atom. The normalized spacial score (nSPS) is 12.4. The van der Waals surface area contributed by atoms with Gasteiger partial charge in [0.25, 0.3) is 0 Å². The third-order valence-electron chi connectivity index (χ3n) is 16.6. The second-order valence-corrected chi connectivity index (χ2v) is 24.7. The lowest BCUT2D eigenvalue weighted by molar-refractivity contribution is -0.161. The van der Waals surface area contributed by atoms with E-state index in [0.717, 1.165) is 57.8 Å². The van der Waals surface area contributed by atoms with Crippen molar-refractivity contribution < 1.29 is 24.2 Å². The van der Waals surface area contributed by atoms with E-state index in [4.69, 9.17) is 9.47 Å². The predicted octanol–water partition coefficient (Wildman–Crippen LogP) is 25.1. The van der Waals surface area contributed by atoms with Crippen LogP contribution in [-0.2, 0) is 19.1 Å². The maximum absolute atomic E-state index is 12.4. The van der Waals surface area contributed by atoms with Gasteiger partial charge >= 0.3 is 11.9 Å². The fourth-order valence-electron chi connectivity index (χ4n) is 11.3. The molecule has 0 amide bonds. The highest BCUT2D eigenvalue weighted by Gasteiger charge is 2.16. The zero-order valence-electron chi connectivity index (χ0n) is 54.1. The first-order valence-corrected chi connectivity index (χ1v) is 36.2. The number of hydrogen-bond acceptors (Lipinski definition) is 5. The van der Waals surface area contributed by atoms with E-state index in [-0.39, 0.29) is 25.2 Å². The topological polar surface area (TPSA) is 72.8 Å². The van der Waals surface area contributed by atoms with Gasteiger partial charge in [0.15, 0.2) is 6.10 Å². The maximum atomic E-state index is 12.4. The Hall–Kier alpha value is -2.14. The number of carbonyl (C=O) groups is 2. The molecule has 1 atom stereocenters. The largest absolute Gasteiger partial charge is 0.462 e. The Labute approximate surface area is 500 Å². The first kappa shape index (κ1) is 77.9. The third kappa shape index (κ3) is 68.4. The fraction of sp³-hybridized carbons (Fsp3) is 0.867. The van der Waals surface area contributed by atoms with Gasteiger partial charge in [0.2, 0.25) is 0 Å². The van der Waals surface area contributed by atoms with Crippen LogP contribution in [0.15, 0.2) is 48.6 Å². The molecule has 1 unspecified atom stereocenters. The van der Waals surface area contributed by atoms with Crippen molar-refractivity contribution >= 4 is 11.9 Å². The lowest BCUT2D eigenvalue weighted by Gasteiger charge is -2.15. The van der Waals surface area contributed by atoms with Crippen molar-refractivity contribution in [2.24, 2.45) is 0 Å². The van der Waals surface area contributed by atoms with Crippen molar-refractivity contribution in [3.63, 3.8) is 0 Å². The van der Waals surface area contributed by atoms with Crippen molar-refractivity contribution in [2.45, 2.75) is 405 Å². The molecule has 0 radical (unpaired) electrons. The van der Waals surface area contributed by atoms with Gasteiger partial charge in [-0.15, -0.1) is 0 Å². The summed E-state index contributed by atoms with van der Waals surface area (Å²) < 4.78 is 10.8. The zero-order valence-corrected chi connectivity index (χ0v) is 54.1. The lowest BCUT2D eigenvalue weighted by atomic mass is 10.0. The van der Waals surface area contributed by atoms with E-state index < -0.39 is 6.10 Å². The third-order valence-corrected chi connectivity index (χ3v) is 16.6. The summed E-state index contributed by atoms with van der Waals surface area (Å²) in [5.74, 6) is -0.566. The van der Waals surface area contributed by atoms with E-state index in [1.165, 1.54) is 315 Å². The van der Waals surface area contributed by atoms with Gasteiger partial charge in [0.05, 0.1) is 6.61 Å². The van der Waals surface area contributed by atoms with Crippen LogP contribution in [0.25, 0.3) is 0 Å². The number of ether oxygens (including phenoxy) is 2. The quantitative estimate of drug-likeness (QED) is 0.0373. The minimum atomic E-state index is -0.771. The molecule has 0 saturated carbocycles. The highest BCUT2D eigenvalue weighted by atomic mass is 16.6. The van der Waals surface area contributed by atoms with Crippen LogP contribution in [0.5, 0.6) is 0 Å². The molecule has 0 aliphatic carbocycles. The monoisotopic (exact) mass is 1120 g/mol. The molecule has 470 valence electrons. The summed E-state index contributed by atoms with van der Waals surface area (Å²) >= 11 is 0. The first-order valence-electron chi connectivity index (χ1n) is 36.2. The van der Waals surface area contributed by atoms with Crippen LogP contribution in [-0.4, -0.2) is 36.4 Å². The van der Waals surface area contributed by atoms with Crippen LogP contribution in [0.4, 0.5) is 0 Å². The van der Waals surface area contributed by atoms with Crippen molar-refractivity contribution in [3.05, 3.63) is 48.6 Å². The highest BCUT2D eigenvalue weighted by Crippen LogP contribution is 2.19. The molecule has 0 aliphatic heterocycles. The smallest absolute Gasteiger partial charge is 0.306 e. The number of allylic oxidation sites excluding steroid dienone is 8. The van der Waals surface area contributed by atoms with Gasteiger partial charge in [-0.2, -0.15) is 0 Å². The molecule has 0 saturated heterocycles. The molecule has 0 aromatic rings. The van der Waals surface area contributed by atoms with Crippen molar-refractivity contribution in [1.82, 2.24) is 0 Å². The summed E-state index contributed by atoms with van der Waals surface area (Å²) in [6.07, 6.45) is 96.0. The van der Waals surface area contributed by atoms with E-state index >= 15 is 0 Å². The molecular weight excluding hydrogens is 981 g/mol. The molecule has 80 heavy (non-hydrogen) atoms. The summed E-state index contributed by atoms with van der Waals surface area (Å²) in [6.45, 7) is 4.09. The number of aliphatic hydroxyl groups is 1. The number of aliphatic hydroxyl groups excluding tert-OH is 1. The molecule has 0 bridgehead atoms. The standard InChI is InChI=1S/C75H140O5/c1-3-5-7-9-11-13-15-17-19-21-23-25-27-29-31-33-35-36-37-38-40-41-43-45-47-49-51-53-55-57-59-61-63-65-67-69-74(77)79-72-73(71-76)80-75(78)70-68-66-64-62-60-58-56-54-52-50-48-46-44-42-39-34-32-30-28-26-24-22-20-18-16-14-12-10-8-6-4-2/h6,8,12,14,18,20,24,26,73,76H,3-5,7,9-11,13,15-17,19,21-23,25,27-72H2,1-2H3/b8-6-,14-12-,20-18-,26-24-. The second-order valence-electron chi connectivity index (χ2n) is 24.7. The highest BCUT2D eigenvalue weighted by molar-refractivity contribution is 5.70. The number of carbonyl (C=O) groups excluding carboxylic acids is 2. The maximum Gasteiger partial charge on any atom is 0.306 e. The Kier molecular flexibility index (Phi) is 69.2. The number of hydrogen-bond donors (Lipinski definition) is 1. The Morgan fingerprint density at radius 2 is 0.537 bits per heavy atom. The van der Waals surface area contributed by atoms with Gasteiger partial charge in [-0.1, -0.05) is 383 Å². The van der Waals surface area contributed by atoms with Gasteiger partial charge in [-0.3, -0.25) is 9.59 Å². The van der Waals surface area contributed by atoms with Gasteiger partial charge in [0, 0.05) is 12.8 Å². The van der Waals surface area contributed by atoms with Gasteiger partial charge < -0.3 is 14.6 Å². The van der Waals surface area contributed by atoms with E-state index in [1.54, 1.807) is 0 Å². The van der Waals surface area contributed by atoms with Crippen molar-refractivity contribution in [2.75, 3.05) is 13.2 Å². The van der Waals surface area contributed by atoms with Crippen LogP contribution in [0.1, 0.15) is 399 Å². The summed E-state index contributed by atoms with van der Waals surface area (Å²) in [5, 5.41) is 9.71. The molecule has 0 aromatic carbocycles. The average Bonchev–Trinajstić information content (AvgIpc) is 3.46. The van der Waals surface area contributed by atoms with E-state index in [9.17, 15) is 14.7 Å². The van der Waals surface area contributed by atoms with Crippen LogP contribution >= 0.6 is 0 Å². The average molecular weight is 1120 g/mol. The number of esters is 2. The minimum Gasteiger partial charge on any atom is -0.462 e.